The van der Waals surface area contributed by atoms with Crippen LogP contribution in [0.2, 0.25) is 5.15 Å². The Bertz CT molecular complexity index is 913. The van der Waals surface area contributed by atoms with E-state index in [1.54, 1.807) is 10.9 Å². The number of pyridine rings is 1. The maximum atomic E-state index is 6.45. The number of fused-ring (bicyclic) bond motifs is 3. The second-order valence-corrected chi connectivity index (χ2v) is 4.93. The molecule has 0 aliphatic carbocycles. The van der Waals surface area contributed by atoms with E-state index in [4.69, 9.17) is 11.6 Å². The molecule has 0 radical (unpaired) electrons. The van der Waals surface area contributed by atoms with Crippen LogP contribution in [0.5, 0.6) is 0 Å². The van der Waals surface area contributed by atoms with E-state index in [0.717, 1.165) is 27.5 Å². The van der Waals surface area contributed by atoms with Gasteiger partial charge in [0.05, 0.1) is 16.6 Å². The standard InChI is InChI=1S/C16H10ClN3/c17-16-13-10-18-14-9-5-4-8-12(14)15(13)19-20(16)11-6-2-1-3-7-11/h1-10H. The van der Waals surface area contributed by atoms with E-state index in [1.165, 1.54) is 0 Å². The summed E-state index contributed by atoms with van der Waals surface area (Å²) in [7, 11) is 0. The summed E-state index contributed by atoms with van der Waals surface area (Å²) in [5.41, 5.74) is 2.75. The zero-order valence-electron chi connectivity index (χ0n) is 10.5. The van der Waals surface area contributed by atoms with Gasteiger partial charge in [-0.15, -0.1) is 0 Å². The van der Waals surface area contributed by atoms with Gasteiger partial charge in [-0.1, -0.05) is 48.0 Å². The maximum Gasteiger partial charge on any atom is 0.142 e. The summed E-state index contributed by atoms with van der Waals surface area (Å²) in [5.74, 6) is 0. The van der Waals surface area contributed by atoms with Gasteiger partial charge in [0.15, 0.2) is 0 Å². The van der Waals surface area contributed by atoms with Crippen LogP contribution in [0.15, 0.2) is 60.8 Å². The van der Waals surface area contributed by atoms with E-state index < -0.39 is 0 Å². The first-order chi connectivity index (χ1) is 9.84. The topological polar surface area (TPSA) is 30.7 Å². The fourth-order valence-corrected chi connectivity index (χ4v) is 2.66. The molecular formula is C16H10ClN3. The molecule has 20 heavy (non-hydrogen) atoms. The molecule has 4 aromatic rings. The van der Waals surface area contributed by atoms with Crippen molar-refractivity contribution in [3.05, 3.63) is 65.9 Å². The van der Waals surface area contributed by atoms with E-state index in [9.17, 15) is 0 Å². The first kappa shape index (κ1) is 11.4. The molecule has 0 N–H and O–H groups in total. The molecule has 4 rings (SSSR count). The van der Waals surface area contributed by atoms with Crippen molar-refractivity contribution in [3.8, 4) is 5.69 Å². The second kappa shape index (κ2) is 4.32. The predicted octanol–water partition coefficient (Wildman–Crippen LogP) is 4.23. The molecule has 0 saturated heterocycles. The van der Waals surface area contributed by atoms with Crippen LogP contribution in [0, 0.1) is 0 Å². The molecule has 0 spiro atoms. The van der Waals surface area contributed by atoms with E-state index in [0.29, 0.717) is 5.15 Å². The van der Waals surface area contributed by atoms with E-state index in [1.807, 2.05) is 54.6 Å². The summed E-state index contributed by atoms with van der Waals surface area (Å²) in [6, 6.07) is 17.8. The second-order valence-electron chi connectivity index (χ2n) is 4.58. The van der Waals surface area contributed by atoms with Gasteiger partial charge in [0.25, 0.3) is 0 Å². The Morgan fingerprint density at radius 1 is 0.850 bits per heavy atom. The van der Waals surface area contributed by atoms with Crippen LogP contribution in [0.25, 0.3) is 27.5 Å². The van der Waals surface area contributed by atoms with E-state index >= 15 is 0 Å². The van der Waals surface area contributed by atoms with Gasteiger partial charge in [-0.25, -0.2) is 4.68 Å². The number of aromatic nitrogens is 3. The van der Waals surface area contributed by atoms with Crippen LogP contribution in [-0.4, -0.2) is 14.8 Å². The Labute approximate surface area is 120 Å². The lowest BCUT2D eigenvalue weighted by atomic mass is 10.2. The zero-order chi connectivity index (χ0) is 13.5. The summed E-state index contributed by atoms with van der Waals surface area (Å²) >= 11 is 6.45. The third kappa shape index (κ3) is 1.60. The molecule has 2 aromatic carbocycles. The molecule has 0 saturated carbocycles. The molecule has 2 aromatic heterocycles. The predicted molar refractivity (Wildman–Crippen MR) is 81.4 cm³/mol. The number of halogens is 1. The van der Waals surface area contributed by atoms with Crippen molar-refractivity contribution in [2.24, 2.45) is 0 Å². The van der Waals surface area contributed by atoms with E-state index in [-0.39, 0.29) is 0 Å². The Hall–Kier alpha value is -2.39. The third-order valence-electron chi connectivity index (χ3n) is 3.36. The van der Waals surface area contributed by atoms with Gasteiger partial charge in [0, 0.05) is 11.6 Å². The highest BCUT2D eigenvalue weighted by atomic mass is 35.5. The summed E-state index contributed by atoms with van der Waals surface area (Å²) in [4.78, 5) is 4.44. The first-order valence-corrected chi connectivity index (χ1v) is 6.70. The monoisotopic (exact) mass is 279 g/mol. The molecule has 0 aliphatic heterocycles. The molecular weight excluding hydrogens is 270 g/mol. The lowest BCUT2D eigenvalue weighted by molar-refractivity contribution is 0.898. The van der Waals surface area contributed by atoms with Crippen molar-refractivity contribution < 1.29 is 0 Å². The highest BCUT2D eigenvalue weighted by Gasteiger charge is 2.13. The fraction of sp³-hybridized carbons (Fsp3) is 0. The minimum absolute atomic E-state index is 0.587. The minimum Gasteiger partial charge on any atom is -0.255 e. The maximum absolute atomic E-state index is 6.45. The molecule has 0 amide bonds. The molecule has 0 fully saturated rings. The fourth-order valence-electron chi connectivity index (χ4n) is 2.38. The van der Waals surface area contributed by atoms with Crippen molar-refractivity contribution in [3.63, 3.8) is 0 Å². The minimum atomic E-state index is 0.587. The third-order valence-corrected chi connectivity index (χ3v) is 3.72. The number of hydrogen-bond donors (Lipinski definition) is 0. The average molecular weight is 280 g/mol. The molecule has 0 atom stereocenters. The van der Waals surface area contributed by atoms with Crippen molar-refractivity contribution >= 4 is 33.4 Å². The zero-order valence-corrected chi connectivity index (χ0v) is 11.2. The van der Waals surface area contributed by atoms with Gasteiger partial charge >= 0.3 is 0 Å². The molecule has 96 valence electrons. The van der Waals surface area contributed by atoms with Gasteiger partial charge in [0.2, 0.25) is 0 Å². The summed E-state index contributed by atoms with van der Waals surface area (Å²) in [6.07, 6.45) is 1.78. The van der Waals surface area contributed by atoms with Crippen LogP contribution >= 0.6 is 11.6 Å². The smallest absolute Gasteiger partial charge is 0.142 e. The quantitative estimate of drug-likeness (QED) is 0.522. The van der Waals surface area contributed by atoms with Crippen LogP contribution < -0.4 is 0 Å². The van der Waals surface area contributed by atoms with Gasteiger partial charge in [-0.2, -0.15) is 5.10 Å². The number of nitrogens with zero attached hydrogens (tertiary/aromatic N) is 3. The van der Waals surface area contributed by atoms with Gasteiger partial charge < -0.3 is 0 Å². The lowest BCUT2D eigenvalue weighted by Crippen LogP contribution is -1.95. The summed E-state index contributed by atoms with van der Waals surface area (Å²) in [6.45, 7) is 0. The first-order valence-electron chi connectivity index (χ1n) is 6.32. The van der Waals surface area contributed by atoms with Crippen molar-refractivity contribution in [1.82, 2.24) is 14.8 Å². The summed E-state index contributed by atoms with van der Waals surface area (Å²) < 4.78 is 1.75. The molecule has 0 aliphatic rings. The Morgan fingerprint density at radius 2 is 1.60 bits per heavy atom. The van der Waals surface area contributed by atoms with Gasteiger partial charge in [-0.05, 0) is 18.2 Å². The van der Waals surface area contributed by atoms with Crippen molar-refractivity contribution in [1.29, 1.82) is 0 Å². The normalized spacial score (nSPS) is 11.2. The highest BCUT2D eigenvalue weighted by Crippen LogP contribution is 2.29. The number of rotatable bonds is 1. The lowest BCUT2D eigenvalue weighted by Gasteiger charge is -2.01. The van der Waals surface area contributed by atoms with Gasteiger partial charge in [0.1, 0.15) is 10.7 Å². The van der Waals surface area contributed by atoms with Crippen molar-refractivity contribution in [2.75, 3.05) is 0 Å². The SMILES string of the molecule is Clc1c2cnc3ccccc3c2nn1-c1ccccc1. The molecule has 4 heteroatoms. The molecule has 3 nitrogen and oxygen atoms in total. The number of hydrogen-bond acceptors (Lipinski definition) is 2. The highest BCUT2D eigenvalue weighted by molar-refractivity contribution is 6.35. The Balaban J connectivity index is 2.10. The van der Waals surface area contributed by atoms with E-state index in [2.05, 4.69) is 10.1 Å². The largest absolute Gasteiger partial charge is 0.255 e. The van der Waals surface area contributed by atoms with Gasteiger partial charge in [-0.3, -0.25) is 4.98 Å². The Kier molecular flexibility index (Phi) is 2.47. The molecule has 0 unspecified atom stereocenters. The Morgan fingerprint density at radius 3 is 2.45 bits per heavy atom. The summed E-state index contributed by atoms with van der Waals surface area (Å²) in [5, 5.41) is 7.13. The number of para-hydroxylation sites is 2. The van der Waals surface area contributed by atoms with Crippen molar-refractivity contribution in [2.45, 2.75) is 0 Å². The molecule has 2 heterocycles. The van der Waals surface area contributed by atoms with Crippen LogP contribution in [-0.2, 0) is 0 Å². The average Bonchev–Trinajstić information content (AvgIpc) is 2.86. The van der Waals surface area contributed by atoms with Crippen LogP contribution in [0.1, 0.15) is 0 Å². The molecule has 0 bridgehead atoms. The van der Waals surface area contributed by atoms with Crippen LogP contribution in [0.3, 0.4) is 0 Å². The number of benzene rings is 2. The van der Waals surface area contributed by atoms with Crippen LogP contribution in [0.4, 0.5) is 0 Å².